The van der Waals surface area contributed by atoms with Crippen molar-refractivity contribution in [3.8, 4) is 0 Å². The number of para-hydroxylation sites is 2. The Balaban J connectivity index is 1.95. The van der Waals surface area contributed by atoms with E-state index in [-0.39, 0.29) is 16.7 Å². The molecule has 2 aromatic carbocycles. The average molecular weight is 358 g/mol. The summed E-state index contributed by atoms with van der Waals surface area (Å²) < 4.78 is 27.7. The zero-order chi connectivity index (χ0) is 17.9. The Kier molecular flexibility index (Phi) is 5.08. The fourth-order valence-corrected chi connectivity index (χ4v) is 4.53. The van der Waals surface area contributed by atoms with Crippen molar-refractivity contribution in [2.45, 2.75) is 31.1 Å². The Morgan fingerprint density at radius 3 is 2.32 bits per heavy atom. The van der Waals surface area contributed by atoms with E-state index in [1.54, 1.807) is 49.4 Å². The number of carbonyl (C=O) groups excluding carboxylic acids is 1. The predicted octanol–water partition coefficient (Wildman–Crippen LogP) is 3.64. The van der Waals surface area contributed by atoms with Gasteiger partial charge in [-0.3, -0.25) is 9.10 Å². The Morgan fingerprint density at radius 1 is 1.08 bits per heavy atom. The van der Waals surface area contributed by atoms with Gasteiger partial charge in [-0.1, -0.05) is 36.8 Å². The summed E-state index contributed by atoms with van der Waals surface area (Å²) in [5, 5.41) is 2.80. The monoisotopic (exact) mass is 358 g/mol. The number of amides is 1. The van der Waals surface area contributed by atoms with E-state index in [4.69, 9.17) is 0 Å². The number of hydrogen-bond donors (Lipinski definition) is 1. The molecule has 1 saturated carbocycles. The average Bonchev–Trinajstić information content (AvgIpc) is 2.55. The first-order chi connectivity index (χ1) is 12.0. The summed E-state index contributed by atoms with van der Waals surface area (Å²) in [4.78, 5) is 12.4. The lowest BCUT2D eigenvalue weighted by Crippen LogP contribution is -2.33. The number of sulfonamides is 1. The van der Waals surface area contributed by atoms with Gasteiger partial charge in [0.25, 0.3) is 10.0 Å². The van der Waals surface area contributed by atoms with Gasteiger partial charge >= 0.3 is 0 Å². The van der Waals surface area contributed by atoms with Gasteiger partial charge in [-0.25, -0.2) is 8.42 Å². The van der Waals surface area contributed by atoms with Gasteiger partial charge < -0.3 is 5.32 Å². The molecule has 1 amide bonds. The molecule has 25 heavy (non-hydrogen) atoms. The van der Waals surface area contributed by atoms with Crippen LogP contribution in [0.2, 0.25) is 0 Å². The van der Waals surface area contributed by atoms with E-state index in [0.29, 0.717) is 17.9 Å². The molecule has 1 fully saturated rings. The highest BCUT2D eigenvalue weighted by Gasteiger charge is 2.29. The topological polar surface area (TPSA) is 66.5 Å². The van der Waals surface area contributed by atoms with Gasteiger partial charge in [0.1, 0.15) is 4.90 Å². The van der Waals surface area contributed by atoms with Crippen LogP contribution in [0.25, 0.3) is 0 Å². The van der Waals surface area contributed by atoms with Crippen LogP contribution in [-0.4, -0.2) is 20.9 Å². The lowest BCUT2D eigenvalue weighted by atomic mass is 9.85. The Labute approximate surface area is 148 Å². The van der Waals surface area contributed by atoms with E-state index in [2.05, 4.69) is 5.32 Å². The van der Waals surface area contributed by atoms with Gasteiger partial charge in [0.2, 0.25) is 5.91 Å². The highest BCUT2D eigenvalue weighted by molar-refractivity contribution is 7.93. The van der Waals surface area contributed by atoms with Crippen molar-refractivity contribution >= 4 is 27.3 Å². The van der Waals surface area contributed by atoms with Crippen molar-refractivity contribution in [2.24, 2.45) is 5.92 Å². The van der Waals surface area contributed by atoms with Crippen LogP contribution < -0.4 is 9.62 Å². The number of nitrogens with zero attached hydrogens (tertiary/aromatic N) is 1. The molecule has 0 atom stereocenters. The summed E-state index contributed by atoms with van der Waals surface area (Å²) in [6.07, 6.45) is 2.79. The van der Waals surface area contributed by atoms with E-state index in [0.717, 1.165) is 19.3 Å². The summed E-state index contributed by atoms with van der Waals surface area (Å²) in [5.41, 5.74) is 0.943. The highest BCUT2D eigenvalue weighted by atomic mass is 32.2. The minimum atomic E-state index is -3.78. The van der Waals surface area contributed by atoms with Crippen LogP contribution in [0.5, 0.6) is 0 Å². The molecule has 3 rings (SSSR count). The molecule has 0 radical (unpaired) electrons. The third-order valence-electron chi connectivity index (χ3n) is 4.52. The first-order valence-corrected chi connectivity index (χ1v) is 9.95. The second kappa shape index (κ2) is 7.27. The standard InChI is InChI=1S/C19H22N2O3S/c1-2-21(16-11-4-3-5-12-16)25(23,24)18-14-7-6-13-17(18)20-19(22)15-9-8-10-15/h3-7,11-15H,2,8-10H2,1H3,(H,20,22). The van der Waals surface area contributed by atoms with Gasteiger partial charge in [-0.15, -0.1) is 0 Å². The maximum atomic E-state index is 13.2. The minimum Gasteiger partial charge on any atom is -0.325 e. The molecule has 0 aliphatic heterocycles. The summed E-state index contributed by atoms with van der Waals surface area (Å²) in [6, 6.07) is 15.6. The number of nitrogens with one attached hydrogen (secondary N) is 1. The third kappa shape index (κ3) is 3.54. The normalized spacial score (nSPS) is 14.6. The van der Waals surface area contributed by atoms with Gasteiger partial charge in [0.05, 0.1) is 11.4 Å². The van der Waals surface area contributed by atoms with Gasteiger partial charge in [-0.2, -0.15) is 0 Å². The van der Waals surface area contributed by atoms with Crippen molar-refractivity contribution < 1.29 is 13.2 Å². The lowest BCUT2D eigenvalue weighted by Gasteiger charge is -2.26. The van der Waals surface area contributed by atoms with Crippen LogP contribution in [0.4, 0.5) is 11.4 Å². The van der Waals surface area contributed by atoms with Gasteiger partial charge in [0.15, 0.2) is 0 Å². The molecule has 0 heterocycles. The first kappa shape index (κ1) is 17.5. The Hall–Kier alpha value is -2.34. The second-order valence-electron chi connectivity index (χ2n) is 6.12. The van der Waals surface area contributed by atoms with Crippen LogP contribution in [0, 0.1) is 5.92 Å². The van der Waals surface area contributed by atoms with Crippen molar-refractivity contribution in [3.05, 3.63) is 54.6 Å². The summed E-state index contributed by atoms with van der Waals surface area (Å²) in [6.45, 7) is 2.09. The molecule has 0 aromatic heterocycles. The second-order valence-corrected chi connectivity index (χ2v) is 7.95. The third-order valence-corrected chi connectivity index (χ3v) is 6.48. The quantitative estimate of drug-likeness (QED) is 0.857. The zero-order valence-electron chi connectivity index (χ0n) is 14.2. The van der Waals surface area contributed by atoms with Crippen LogP contribution in [0.15, 0.2) is 59.5 Å². The molecule has 0 saturated heterocycles. The van der Waals surface area contributed by atoms with Gasteiger partial charge in [0, 0.05) is 12.5 Å². The van der Waals surface area contributed by atoms with E-state index >= 15 is 0 Å². The molecule has 0 unspecified atom stereocenters. The van der Waals surface area contributed by atoms with Crippen LogP contribution in [-0.2, 0) is 14.8 Å². The number of rotatable bonds is 6. The molecule has 0 spiro atoms. The fourth-order valence-electron chi connectivity index (χ4n) is 2.90. The molecule has 2 aromatic rings. The Morgan fingerprint density at radius 2 is 1.72 bits per heavy atom. The minimum absolute atomic E-state index is 0.00726. The fraction of sp³-hybridized carbons (Fsp3) is 0.316. The summed E-state index contributed by atoms with van der Waals surface area (Å²) in [7, 11) is -3.78. The molecule has 132 valence electrons. The summed E-state index contributed by atoms with van der Waals surface area (Å²) >= 11 is 0. The van der Waals surface area contributed by atoms with Crippen LogP contribution in [0.1, 0.15) is 26.2 Å². The summed E-state index contributed by atoms with van der Waals surface area (Å²) in [5.74, 6) is -0.108. The largest absolute Gasteiger partial charge is 0.325 e. The van der Waals surface area contributed by atoms with Crippen LogP contribution in [0.3, 0.4) is 0 Å². The molecular weight excluding hydrogens is 336 g/mol. The van der Waals surface area contributed by atoms with E-state index in [9.17, 15) is 13.2 Å². The molecule has 1 N–H and O–H groups in total. The van der Waals surface area contributed by atoms with Crippen molar-refractivity contribution in [2.75, 3.05) is 16.2 Å². The Bertz CT molecular complexity index is 846. The molecule has 6 heteroatoms. The van der Waals surface area contributed by atoms with Gasteiger partial charge in [-0.05, 0) is 44.0 Å². The number of hydrogen-bond acceptors (Lipinski definition) is 3. The molecule has 5 nitrogen and oxygen atoms in total. The van der Waals surface area contributed by atoms with Crippen molar-refractivity contribution in [1.82, 2.24) is 0 Å². The van der Waals surface area contributed by atoms with Crippen LogP contribution >= 0.6 is 0 Å². The van der Waals surface area contributed by atoms with E-state index < -0.39 is 10.0 Å². The first-order valence-electron chi connectivity index (χ1n) is 8.51. The molecule has 0 bridgehead atoms. The molecule has 1 aliphatic carbocycles. The smallest absolute Gasteiger partial charge is 0.266 e. The number of benzene rings is 2. The van der Waals surface area contributed by atoms with E-state index in [1.807, 2.05) is 6.07 Å². The highest BCUT2D eigenvalue weighted by Crippen LogP contribution is 2.31. The zero-order valence-corrected chi connectivity index (χ0v) is 15.0. The SMILES string of the molecule is CCN(c1ccccc1)S(=O)(=O)c1ccccc1NC(=O)C1CCC1. The number of carbonyl (C=O) groups is 1. The maximum absolute atomic E-state index is 13.2. The van der Waals surface area contributed by atoms with Crippen molar-refractivity contribution in [1.29, 1.82) is 0 Å². The maximum Gasteiger partial charge on any atom is 0.266 e. The lowest BCUT2D eigenvalue weighted by molar-refractivity contribution is -0.122. The predicted molar refractivity (Wildman–Crippen MR) is 99.1 cm³/mol. The molecular formula is C19H22N2O3S. The van der Waals surface area contributed by atoms with E-state index in [1.165, 1.54) is 10.4 Å². The number of anilines is 2. The molecule has 1 aliphatic rings. The van der Waals surface area contributed by atoms with Crippen molar-refractivity contribution in [3.63, 3.8) is 0 Å².